The van der Waals surface area contributed by atoms with Crippen LogP contribution in [0.15, 0.2) is 27.6 Å². The van der Waals surface area contributed by atoms with Crippen molar-refractivity contribution in [1.82, 2.24) is 4.72 Å². The van der Waals surface area contributed by atoms with Crippen molar-refractivity contribution in [1.29, 1.82) is 0 Å². The van der Waals surface area contributed by atoms with Crippen molar-refractivity contribution in [2.45, 2.75) is 36.7 Å². The molecule has 1 saturated heterocycles. The van der Waals surface area contributed by atoms with Gasteiger partial charge in [-0.3, -0.25) is 0 Å². The van der Waals surface area contributed by atoms with Gasteiger partial charge in [-0.05, 0) is 59.8 Å². The summed E-state index contributed by atoms with van der Waals surface area (Å²) in [6, 6.07) is 3.52. The Hall–Kier alpha value is -0.500. The molecule has 0 bridgehead atoms. The molecule has 1 N–H and O–H groups in total. The Bertz CT molecular complexity index is 559. The van der Waals surface area contributed by atoms with Crippen molar-refractivity contribution in [2.24, 2.45) is 0 Å². The van der Waals surface area contributed by atoms with Crippen molar-refractivity contribution < 1.29 is 17.5 Å². The highest BCUT2D eigenvalue weighted by atomic mass is 79.9. The fraction of sp³-hybridized carbons (Fsp3) is 0.538. The molecule has 1 aromatic carbocycles. The highest BCUT2D eigenvalue weighted by Crippen LogP contribution is 2.22. The van der Waals surface area contributed by atoms with Gasteiger partial charge in [0, 0.05) is 17.6 Å². The molecule has 0 saturated carbocycles. The van der Waals surface area contributed by atoms with Gasteiger partial charge in [-0.2, -0.15) is 0 Å². The molecule has 1 atom stereocenters. The van der Waals surface area contributed by atoms with Crippen LogP contribution in [0.1, 0.15) is 25.7 Å². The number of halogens is 2. The molecule has 2 rings (SSSR count). The van der Waals surface area contributed by atoms with Gasteiger partial charge in [-0.1, -0.05) is 0 Å². The third-order valence-electron chi connectivity index (χ3n) is 3.22. The first-order valence-corrected chi connectivity index (χ1v) is 8.83. The molecule has 1 aromatic rings. The Balaban J connectivity index is 1.93. The Morgan fingerprint density at radius 1 is 1.40 bits per heavy atom. The molecule has 1 fully saturated rings. The zero-order valence-corrected chi connectivity index (χ0v) is 13.3. The van der Waals surface area contributed by atoms with Crippen LogP contribution in [0.3, 0.4) is 0 Å². The van der Waals surface area contributed by atoms with E-state index >= 15 is 0 Å². The number of hydrogen-bond donors (Lipinski definition) is 1. The molecule has 1 aliphatic rings. The smallest absolute Gasteiger partial charge is 0.241 e. The van der Waals surface area contributed by atoms with Gasteiger partial charge in [0.15, 0.2) is 0 Å². The standard InChI is InChI=1S/C13H17BrFNO3S/c14-12-9-10(15)4-5-13(12)20(17,18)16-7-6-11-3-1-2-8-19-11/h4-5,9,11,16H,1-3,6-8H2. The highest BCUT2D eigenvalue weighted by Gasteiger charge is 2.19. The van der Waals surface area contributed by atoms with E-state index in [-0.39, 0.29) is 15.5 Å². The second-order valence-corrected chi connectivity index (χ2v) is 7.34. The quantitative estimate of drug-likeness (QED) is 0.872. The third kappa shape index (κ3) is 4.25. The van der Waals surface area contributed by atoms with E-state index in [4.69, 9.17) is 4.74 Å². The zero-order chi connectivity index (χ0) is 14.6. The van der Waals surface area contributed by atoms with Crippen molar-refractivity contribution in [2.75, 3.05) is 13.2 Å². The normalized spacial score (nSPS) is 20.0. The van der Waals surface area contributed by atoms with Crippen LogP contribution in [0.5, 0.6) is 0 Å². The minimum absolute atomic E-state index is 0.0449. The van der Waals surface area contributed by atoms with E-state index in [2.05, 4.69) is 20.7 Å². The van der Waals surface area contributed by atoms with Crippen LogP contribution in [-0.4, -0.2) is 27.7 Å². The van der Waals surface area contributed by atoms with Gasteiger partial charge in [0.2, 0.25) is 10.0 Å². The molecule has 1 heterocycles. The molecule has 1 aliphatic heterocycles. The van der Waals surface area contributed by atoms with Crippen LogP contribution in [0.4, 0.5) is 4.39 Å². The molecule has 4 nitrogen and oxygen atoms in total. The zero-order valence-electron chi connectivity index (χ0n) is 10.9. The van der Waals surface area contributed by atoms with Crippen LogP contribution in [0, 0.1) is 5.82 Å². The summed E-state index contributed by atoms with van der Waals surface area (Å²) < 4.78 is 45.5. The van der Waals surface area contributed by atoms with Crippen LogP contribution >= 0.6 is 15.9 Å². The number of rotatable bonds is 5. The molecular weight excluding hydrogens is 349 g/mol. The maximum Gasteiger partial charge on any atom is 0.241 e. The molecular formula is C13H17BrFNO3S. The summed E-state index contributed by atoms with van der Waals surface area (Å²) in [7, 11) is -3.63. The average Bonchev–Trinajstić information content (AvgIpc) is 2.39. The van der Waals surface area contributed by atoms with Gasteiger partial charge in [0.1, 0.15) is 5.82 Å². The summed E-state index contributed by atoms with van der Waals surface area (Å²) >= 11 is 3.07. The number of nitrogens with one attached hydrogen (secondary N) is 1. The summed E-state index contributed by atoms with van der Waals surface area (Å²) in [6.45, 7) is 1.07. The minimum atomic E-state index is -3.63. The van der Waals surface area contributed by atoms with E-state index in [1.165, 1.54) is 6.07 Å². The van der Waals surface area contributed by atoms with E-state index < -0.39 is 15.8 Å². The first-order chi connectivity index (χ1) is 9.49. The SMILES string of the molecule is O=S(=O)(NCCC1CCCCO1)c1ccc(F)cc1Br. The van der Waals surface area contributed by atoms with Gasteiger partial charge in [-0.25, -0.2) is 17.5 Å². The lowest BCUT2D eigenvalue weighted by Gasteiger charge is -2.22. The van der Waals surface area contributed by atoms with Crippen molar-refractivity contribution in [3.05, 3.63) is 28.5 Å². The highest BCUT2D eigenvalue weighted by molar-refractivity contribution is 9.10. The number of sulfonamides is 1. The van der Waals surface area contributed by atoms with E-state index in [1.54, 1.807) is 0 Å². The first kappa shape index (κ1) is 15.9. The monoisotopic (exact) mass is 365 g/mol. The molecule has 7 heteroatoms. The average molecular weight is 366 g/mol. The Morgan fingerprint density at radius 3 is 2.85 bits per heavy atom. The summed E-state index contributed by atoms with van der Waals surface area (Å²) in [5.74, 6) is -0.480. The van der Waals surface area contributed by atoms with Crippen molar-refractivity contribution >= 4 is 26.0 Å². The molecule has 1 unspecified atom stereocenters. The maximum atomic E-state index is 13.0. The summed E-state index contributed by atoms with van der Waals surface area (Å²) in [5, 5.41) is 0. The van der Waals surface area contributed by atoms with Gasteiger partial charge in [0.25, 0.3) is 0 Å². The Morgan fingerprint density at radius 2 is 2.20 bits per heavy atom. The summed E-state index contributed by atoms with van der Waals surface area (Å²) in [5.41, 5.74) is 0. The molecule has 0 amide bonds. The van der Waals surface area contributed by atoms with Gasteiger partial charge in [0.05, 0.1) is 11.0 Å². The largest absolute Gasteiger partial charge is 0.378 e. The maximum absolute atomic E-state index is 13.0. The first-order valence-electron chi connectivity index (χ1n) is 6.55. The van der Waals surface area contributed by atoms with Crippen LogP contribution in [0.25, 0.3) is 0 Å². The fourth-order valence-corrected chi connectivity index (χ4v) is 4.26. The van der Waals surface area contributed by atoms with Crippen LogP contribution in [-0.2, 0) is 14.8 Å². The predicted octanol–water partition coefficient (Wildman–Crippen LogP) is 2.83. The Labute approximate surface area is 126 Å². The number of ether oxygens (including phenoxy) is 1. The topological polar surface area (TPSA) is 55.4 Å². The van der Waals surface area contributed by atoms with Gasteiger partial charge < -0.3 is 4.74 Å². The second kappa shape index (κ2) is 6.98. The molecule has 0 aromatic heterocycles. The molecule has 0 radical (unpaired) electrons. The van der Waals surface area contributed by atoms with Crippen molar-refractivity contribution in [3.8, 4) is 0 Å². The third-order valence-corrected chi connectivity index (χ3v) is 5.65. The Kier molecular flexibility index (Phi) is 5.54. The second-order valence-electron chi connectivity index (χ2n) is 4.75. The molecule has 112 valence electrons. The summed E-state index contributed by atoms with van der Waals surface area (Å²) in [6.07, 6.45) is 3.95. The molecule has 0 aliphatic carbocycles. The number of benzene rings is 1. The summed E-state index contributed by atoms with van der Waals surface area (Å²) in [4.78, 5) is 0.0449. The number of hydrogen-bond acceptors (Lipinski definition) is 3. The van der Waals surface area contributed by atoms with Crippen LogP contribution < -0.4 is 4.72 Å². The van der Waals surface area contributed by atoms with E-state index in [9.17, 15) is 12.8 Å². The lowest BCUT2D eigenvalue weighted by Crippen LogP contribution is -2.29. The molecule has 20 heavy (non-hydrogen) atoms. The van der Waals surface area contributed by atoms with Crippen molar-refractivity contribution in [3.63, 3.8) is 0 Å². The van der Waals surface area contributed by atoms with Crippen LogP contribution in [0.2, 0.25) is 0 Å². The van der Waals surface area contributed by atoms with E-state index in [0.29, 0.717) is 13.0 Å². The molecule has 0 spiro atoms. The predicted molar refractivity (Wildman–Crippen MR) is 77.5 cm³/mol. The fourth-order valence-electron chi connectivity index (χ4n) is 2.16. The lowest BCUT2D eigenvalue weighted by atomic mass is 10.1. The lowest BCUT2D eigenvalue weighted by molar-refractivity contribution is 0.0123. The minimum Gasteiger partial charge on any atom is -0.378 e. The van der Waals surface area contributed by atoms with Gasteiger partial charge in [-0.15, -0.1) is 0 Å². The van der Waals surface area contributed by atoms with E-state index in [1.807, 2.05) is 0 Å². The van der Waals surface area contributed by atoms with E-state index in [0.717, 1.165) is 38.0 Å². The van der Waals surface area contributed by atoms with Gasteiger partial charge >= 0.3 is 0 Å².